The monoisotopic (exact) mass is 569 g/mol. The molecule has 0 saturated heterocycles. The molecule has 1 heterocycles. The first kappa shape index (κ1) is 32.2. The van der Waals surface area contributed by atoms with Crippen molar-refractivity contribution < 1.29 is 0 Å². The van der Waals surface area contributed by atoms with Crippen molar-refractivity contribution in [2.45, 2.75) is 78.1 Å². The first-order valence-electron chi connectivity index (χ1n) is 16.4. The molecule has 1 nitrogen and oxygen atoms in total. The molecule has 224 valence electrons. The molecule has 1 aromatic heterocycles. The zero-order valence-corrected chi connectivity index (χ0v) is 26.6. The summed E-state index contributed by atoms with van der Waals surface area (Å²) in [5, 5.41) is 0. The molecule has 3 atom stereocenters. The van der Waals surface area contributed by atoms with Gasteiger partial charge >= 0.3 is 0 Å². The standard InChI is InChI=1S/C42H51N/c1-6-8-11-16-32(3)21-22-33(4)34(5)29-39(36-17-12-9-10-13-18-36)28-23-35(7-2)37-24-26-38(27-25-37)41-30-40-19-14-15-20-42(40)43-31-41/h7,9,11-13,15-18,20-22,24,26,30-31,34-35,39H,2-4,6,8,10,14,19,23,25,27-29H2,1,5H3. The highest BCUT2D eigenvalue weighted by atomic mass is 14.7. The summed E-state index contributed by atoms with van der Waals surface area (Å²) >= 11 is 0. The van der Waals surface area contributed by atoms with Crippen LogP contribution in [0.3, 0.4) is 0 Å². The van der Waals surface area contributed by atoms with E-state index in [2.05, 4.69) is 131 Å². The van der Waals surface area contributed by atoms with E-state index >= 15 is 0 Å². The van der Waals surface area contributed by atoms with E-state index in [9.17, 15) is 0 Å². The van der Waals surface area contributed by atoms with Crippen LogP contribution in [0.25, 0.3) is 11.6 Å². The van der Waals surface area contributed by atoms with E-state index in [4.69, 9.17) is 4.98 Å². The second kappa shape index (κ2) is 16.8. The fourth-order valence-electron chi connectivity index (χ4n) is 6.22. The van der Waals surface area contributed by atoms with E-state index in [0.717, 1.165) is 75.5 Å². The van der Waals surface area contributed by atoms with Gasteiger partial charge in [-0.3, -0.25) is 4.98 Å². The smallest absolute Gasteiger partial charge is 0.0658 e. The fraction of sp³-hybridized carbons (Fsp3) is 0.357. The minimum absolute atomic E-state index is 0.387. The molecular formula is C42H51N. The Kier molecular flexibility index (Phi) is 12.6. The zero-order valence-electron chi connectivity index (χ0n) is 26.6. The van der Waals surface area contributed by atoms with Crippen LogP contribution in [0.15, 0.2) is 133 Å². The van der Waals surface area contributed by atoms with Gasteiger partial charge in [0.15, 0.2) is 0 Å². The Hall–Kier alpha value is -3.71. The van der Waals surface area contributed by atoms with Gasteiger partial charge in [-0.2, -0.15) is 0 Å². The summed E-state index contributed by atoms with van der Waals surface area (Å²) in [5.74, 6) is 1.26. The summed E-state index contributed by atoms with van der Waals surface area (Å²) in [6.45, 7) is 17.4. The Morgan fingerprint density at radius 3 is 2.65 bits per heavy atom. The molecule has 3 aliphatic carbocycles. The number of aryl methyl sites for hydroxylation is 1. The van der Waals surface area contributed by atoms with Crippen molar-refractivity contribution in [3.05, 3.63) is 150 Å². The third kappa shape index (κ3) is 9.65. The van der Waals surface area contributed by atoms with E-state index in [-0.39, 0.29) is 0 Å². The molecule has 4 rings (SSSR count). The Balaban J connectivity index is 1.42. The summed E-state index contributed by atoms with van der Waals surface area (Å²) < 4.78 is 0. The van der Waals surface area contributed by atoms with E-state index in [0.29, 0.717) is 17.8 Å². The molecule has 43 heavy (non-hydrogen) atoms. The molecule has 0 fully saturated rings. The lowest BCUT2D eigenvalue weighted by Crippen LogP contribution is -2.13. The van der Waals surface area contributed by atoms with Crippen LogP contribution in [0, 0.1) is 17.8 Å². The predicted octanol–water partition coefficient (Wildman–Crippen LogP) is 11.8. The minimum atomic E-state index is 0.387. The van der Waals surface area contributed by atoms with Crippen LogP contribution in [-0.2, 0) is 6.42 Å². The summed E-state index contributed by atoms with van der Waals surface area (Å²) in [7, 11) is 0. The fourth-order valence-corrected chi connectivity index (χ4v) is 6.22. The largest absolute Gasteiger partial charge is 0.256 e. The van der Waals surface area contributed by atoms with E-state index < -0.39 is 0 Å². The zero-order chi connectivity index (χ0) is 30.4. The molecule has 0 aromatic carbocycles. The molecule has 0 spiro atoms. The Morgan fingerprint density at radius 2 is 1.86 bits per heavy atom. The maximum absolute atomic E-state index is 4.74. The lowest BCUT2D eigenvalue weighted by molar-refractivity contribution is 0.427. The van der Waals surface area contributed by atoms with Crippen molar-refractivity contribution in [2.24, 2.45) is 17.8 Å². The molecule has 0 bridgehead atoms. The van der Waals surface area contributed by atoms with Crippen LogP contribution in [0.5, 0.6) is 0 Å². The van der Waals surface area contributed by atoms with Crippen molar-refractivity contribution in [2.75, 3.05) is 0 Å². The van der Waals surface area contributed by atoms with E-state index in [1.54, 1.807) is 0 Å². The third-order valence-corrected chi connectivity index (χ3v) is 9.05. The molecular weight excluding hydrogens is 518 g/mol. The SMILES string of the molecule is C=CC(CCC(CC(C)C(=C)C=CC(=C)C=CCCC)C1=CC=CCC=C1)C1=CC=C(c2cnc3c(c2)CCC=C3)CC1. The molecule has 1 heteroatoms. The number of hydrogen-bond donors (Lipinski definition) is 0. The van der Waals surface area contributed by atoms with Crippen molar-refractivity contribution in [1.82, 2.24) is 4.98 Å². The average Bonchev–Trinajstić information content (AvgIpc) is 3.33. The van der Waals surface area contributed by atoms with Crippen LogP contribution in [0.2, 0.25) is 0 Å². The number of nitrogens with zero attached hydrogens (tertiary/aromatic N) is 1. The predicted molar refractivity (Wildman–Crippen MR) is 190 cm³/mol. The molecule has 0 radical (unpaired) electrons. The van der Waals surface area contributed by atoms with Gasteiger partial charge in [0, 0.05) is 6.20 Å². The maximum atomic E-state index is 4.74. The molecule has 3 aliphatic rings. The highest BCUT2D eigenvalue weighted by Gasteiger charge is 2.22. The minimum Gasteiger partial charge on any atom is -0.256 e. The van der Waals surface area contributed by atoms with Gasteiger partial charge in [0.25, 0.3) is 0 Å². The van der Waals surface area contributed by atoms with Crippen LogP contribution in [-0.4, -0.2) is 4.98 Å². The van der Waals surface area contributed by atoms with Gasteiger partial charge in [0.1, 0.15) is 0 Å². The highest BCUT2D eigenvalue weighted by molar-refractivity contribution is 5.70. The van der Waals surface area contributed by atoms with Crippen LogP contribution in [0.4, 0.5) is 0 Å². The number of rotatable bonds is 15. The highest BCUT2D eigenvalue weighted by Crippen LogP contribution is 2.36. The van der Waals surface area contributed by atoms with E-state index in [1.165, 1.54) is 33.4 Å². The van der Waals surface area contributed by atoms with Gasteiger partial charge in [0.05, 0.1) is 5.69 Å². The Bertz CT molecular complexity index is 1400. The van der Waals surface area contributed by atoms with Crippen molar-refractivity contribution in [3.8, 4) is 0 Å². The van der Waals surface area contributed by atoms with Gasteiger partial charge in [-0.1, -0.05) is 124 Å². The maximum Gasteiger partial charge on any atom is 0.0658 e. The second-order valence-electron chi connectivity index (χ2n) is 12.3. The van der Waals surface area contributed by atoms with Gasteiger partial charge in [-0.05, 0) is 116 Å². The number of unbranched alkanes of at least 4 members (excludes halogenated alkanes) is 1. The van der Waals surface area contributed by atoms with Crippen molar-refractivity contribution in [1.29, 1.82) is 0 Å². The van der Waals surface area contributed by atoms with Crippen molar-refractivity contribution in [3.63, 3.8) is 0 Å². The quantitative estimate of drug-likeness (QED) is 0.151. The first-order valence-corrected chi connectivity index (χ1v) is 16.4. The average molecular weight is 570 g/mol. The number of aromatic nitrogens is 1. The number of fused-ring (bicyclic) bond motifs is 1. The van der Waals surface area contributed by atoms with E-state index in [1.807, 2.05) is 0 Å². The number of hydrogen-bond acceptors (Lipinski definition) is 1. The second-order valence-corrected chi connectivity index (χ2v) is 12.3. The molecule has 0 amide bonds. The number of pyridine rings is 1. The summed E-state index contributed by atoms with van der Waals surface area (Å²) in [5.41, 5.74) is 10.3. The lowest BCUT2D eigenvalue weighted by Gasteiger charge is -2.26. The number of allylic oxidation sites excluding steroid dienone is 18. The third-order valence-electron chi connectivity index (χ3n) is 9.05. The van der Waals surface area contributed by atoms with Gasteiger partial charge in [-0.15, -0.1) is 6.58 Å². The summed E-state index contributed by atoms with van der Waals surface area (Å²) in [4.78, 5) is 4.74. The van der Waals surface area contributed by atoms with Crippen LogP contribution < -0.4 is 0 Å². The Morgan fingerprint density at radius 1 is 0.977 bits per heavy atom. The van der Waals surface area contributed by atoms with Crippen LogP contribution in [0.1, 0.15) is 88.5 Å². The normalized spacial score (nSPS) is 18.4. The van der Waals surface area contributed by atoms with Crippen molar-refractivity contribution >= 4 is 11.6 Å². The van der Waals surface area contributed by atoms with Gasteiger partial charge in [-0.25, -0.2) is 0 Å². The summed E-state index contributed by atoms with van der Waals surface area (Å²) in [6.07, 6.45) is 44.2. The molecule has 0 aliphatic heterocycles. The van der Waals surface area contributed by atoms with Gasteiger partial charge in [0.2, 0.25) is 0 Å². The summed E-state index contributed by atoms with van der Waals surface area (Å²) in [6, 6.07) is 2.36. The molecule has 1 aromatic rings. The van der Waals surface area contributed by atoms with Crippen LogP contribution >= 0.6 is 0 Å². The van der Waals surface area contributed by atoms with Gasteiger partial charge < -0.3 is 0 Å². The Labute approximate surface area is 262 Å². The first-order chi connectivity index (χ1) is 21.0. The lowest BCUT2D eigenvalue weighted by atomic mass is 9.79. The molecule has 3 unspecified atom stereocenters. The topological polar surface area (TPSA) is 12.9 Å². The molecule has 0 N–H and O–H groups in total. The molecule has 0 saturated carbocycles.